The van der Waals surface area contributed by atoms with Crippen LogP contribution >= 0.6 is 0 Å². The van der Waals surface area contributed by atoms with Crippen molar-refractivity contribution in [2.45, 2.75) is 81.7 Å². The van der Waals surface area contributed by atoms with Crippen molar-refractivity contribution in [3.63, 3.8) is 0 Å². The zero-order valence-corrected chi connectivity index (χ0v) is 13.4. The first-order chi connectivity index (χ1) is 6.91. The van der Waals surface area contributed by atoms with E-state index in [1.807, 2.05) is 0 Å². The van der Waals surface area contributed by atoms with Crippen molar-refractivity contribution in [3.05, 3.63) is 0 Å². The summed E-state index contributed by atoms with van der Waals surface area (Å²) in [5.41, 5.74) is 0. The monoisotopic (exact) mass is 298 g/mol. The Labute approximate surface area is 106 Å². The van der Waals surface area contributed by atoms with E-state index in [0.717, 1.165) is 0 Å². The summed E-state index contributed by atoms with van der Waals surface area (Å²) in [5.74, 6) is 0. The molecule has 0 spiro atoms. The molecule has 0 aliphatic carbocycles. The number of unbranched alkanes of at least 4 members (excludes halogenated alkanes) is 10. The average Bonchev–Trinajstić information content (AvgIpc) is 2.21. The molecule has 0 fully saturated rings. The molecule has 2 radical (unpaired) electrons. The van der Waals surface area contributed by atoms with Crippen LogP contribution in [0.2, 0.25) is 4.18 Å². The standard InChI is InChI=1S/C13H27.In/c1-3-5-7-9-11-13-12-10-8-6-4-2;/h1,3-13H2,2H3;. The van der Waals surface area contributed by atoms with Crippen LogP contribution in [0.1, 0.15) is 77.6 Å². The molecule has 0 nitrogen and oxygen atoms in total. The maximum absolute atomic E-state index is 2.29. The molecule has 82 valence electrons. The van der Waals surface area contributed by atoms with Gasteiger partial charge in [0.2, 0.25) is 0 Å². The average molecular weight is 298 g/mol. The van der Waals surface area contributed by atoms with Crippen LogP contribution in [0.5, 0.6) is 0 Å². The summed E-state index contributed by atoms with van der Waals surface area (Å²) in [7, 11) is 0. The number of hydrogen-bond acceptors (Lipinski definition) is 0. The zero-order chi connectivity index (χ0) is 10.5. The van der Waals surface area contributed by atoms with Crippen LogP contribution in [-0.2, 0) is 0 Å². The Morgan fingerprint density at radius 2 is 0.929 bits per heavy atom. The fraction of sp³-hybridized carbons (Fsp3) is 1.00. The third kappa shape index (κ3) is 12.9. The molecule has 0 aliphatic heterocycles. The first-order valence-electron chi connectivity index (χ1n) is 6.62. The number of hydrogen-bond donors (Lipinski definition) is 0. The van der Waals surface area contributed by atoms with Gasteiger partial charge in [0.25, 0.3) is 0 Å². The second-order valence-corrected chi connectivity index (χ2v) is 5.97. The normalized spacial score (nSPS) is 10.6. The summed E-state index contributed by atoms with van der Waals surface area (Å²) in [6.45, 7) is 2.29. The van der Waals surface area contributed by atoms with Crippen molar-refractivity contribution in [2.24, 2.45) is 0 Å². The van der Waals surface area contributed by atoms with Crippen LogP contribution in [0.3, 0.4) is 0 Å². The summed E-state index contributed by atoms with van der Waals surface area (Å²) in [4.78, 5) is 0. The van der Waals surface area contributed by atoms with Crippen LogP contribution in [-0.4, -0.2) is 24.4 Å². The summed E-state index contributed by atoms with van der Waals surface area (Å²) in [5, 5.41) is 0. The zero-order valence-electron chi connectivity index (χ0n) is 10.1. The molecule has 1 heteroatoms. The summed E-state index contributed by atoms with van der Waals surface area (Å²) >= 11 is 1.47. The van der Waals surface area contributed by atoms with Gasteiger partial charge in [-0.2, -0.15) is 0 Å². The van der Waals surface area contributed by atoms with E-state index in [0.29, 0.717) is 0 Å². The van der Waals surface area contributed by atoms with Gasteiger partial charge >= 0.3 is 99.2 Å². The molecule has 0 unspecified atom stereocenters. The Morgan fingerprint density at radius 3 is 1.29 bits per heavy atom. The predicted molar refractivity (Wildman–Crippen MR) is 67.0 cm³/mol. The van der Waals surface area contributed by atoms with Crippen molar-refractivity contribution >= 4 is 24.4 Å². The first kappa shape index (κ1) is 14.9. The Morgan fingerprint density at radius 1 is 0.571 bits per heavy atom. The Balaban J connectivity index is 2.78. The van der Waals surface area contributed by atoms with Crippen molar-refractivity contribution in [3.8, 4) is 0 Å². The Bertz CT molecular complexity index is 79.2. The van der Waals surface area contributed by atoms with E-state index < -0.39 is 0 Å². The van der Waals surface area contributed by atoms with Crippen molar-refractivity contribution in [1.29, 1.82) is 0 Å². The van der Waals surface area contributed by atoms with Gasteiger partial charge in [-0.25, -0.2) is 0 Å². The quantitative estimate of drug-likeness (QED) is 0.477. The van der Waals surface area contributed by atoms with Gasteiger partial charge in [-0.05, 0) is 0 Å². The molecule has 0 aromatic rings. The molecule has 14 heavy (non-hydrogen) atoms. The molecular formula is C13H27In. The molecule has 0 bridgehead atoms. The van der Waals surface area contributed by atoms with Crippen LogP contribution in [0.25, 0.3) is 0 Å². The van der Waals surface area contributed by atoms with E-state index in [-0.39, 0.29) is 0 Å². The van der Waals surface area contributed by atoms with Crippen molar-refractivity contribution < 1.29 is 0 Å². The van der Waals surface area contributed by atoms with Crippen LogP contribution in [0, 0.1) is 0 Å². The minimum atomic E-state index is 1.38. The Kier molecular flexibility index (Phi) is 14.7. The van der Waals surface area contributed by atoms with Crippen LogP contribution in [0.4, 0.5) is 0 Å². The third-order valence-corrected chi connectivity index (χ3v) is 3.97. The van der Waals surface area contributed by atoms with Gasteiger partial charge in [0, 0.05) is 0 Å². The maximum atomic E-state index is 2.29. The molecule has 0 aromatic carbocycles. The van der Waals surface area contributed by atoms with E-state index in [1.54, 1.807) is 0 Å². The van der Waals surface area contributed by atoms with Gasteiger partial charge < -0.3 is 0 Å². The molecule has 0 saturated carbocycles. The van der Waals surface area contributed by atoms with E-state index in [9.17, 15) is 0 Å². The topological polar surface area (TPSA) is 0 Å². The van der Waals surface area contributed by atoms with Crippen LogP contribution < -0.4 is 0 Å². The van der Waals surface area contributed by atoms with Crippen LogP contribution in [0.15, 0.2) is 0 Å². The van der Waals surface area contributed by atoms with Gasteiger partial charge in [-0.1, -0.05) is 6.92 Å². The molecule has 0 heterocycles. The molecular weight excluding hydrogens is 271 g/mol. The van der Waals surface area contributed by atoms with Gasteiger partial charge in [0.05, 0.1) is 0 Å². The molecule has 0 aliphatic rings. The first-order valence-corrected chi connectivity index (χ1v) is 8.95. The fourth-order valence-electron chi connectivity index (χ4n) is 1.81. The van der Waals surface area contributed by atoms with E-state index in [4.69, 9.17) is 0 Å². The second-order valence-electron chi connectivity index (χ2n) is 4.32. The number of rotatable bonds is 11. The third-order valence-electron chi connectivity index (χ3n) is 2.81. The molecule has 0 rings (SSSR count). The molecule has 0 saturated heterocycles. The van der Waals surface area contributed by atoms with E-state index in [1.165, 1.54) is 99.2 Å². The minimum absolute atomic E-state index is 1.38. The predicted octanol–water partition coefficient (Wildman–Crippen LogP) is 4.88. The SMILES string of the molecule is CCCCCCCCCCCC[CH2][In]. The van der Waals surface area contributed by atoms with Gasteiger partial charge in [-0.15, -0.1) is 0 Å². The molecule has 0 atom stereocenters. The fourth-order valence-corrected chi connectivity index (χ4v) is 2.63. The summed E-state index contributed by atoms with van der Waals surface area (Å²) in [6.07, 6.45) is 16.2. The van der Waals surface area contributed by atoms with Gasteiger partial charge in [0.15, 0.2) is 0 Å². The van der Waals surface area contributed by atoms with Gasteiger partial charge in [-0.3, -0.25) is 0 Å². The van der Waals surface area contributed by atoms with Gasteiger partial charge in [0.1, 0.15) is 0 Å². The Hall–Kier alpha value is 0.870. The second kappa shape index (κ2) is 13.9. The summed E-state index contributed by atoms with van der Waals surface area (Å²) < 4.78 is 1.50. The van der Waals surface area contributed by atoms with E-state index in [2.05, 4.69) is 6.92 Å². The van der Waals surface area contributed by atoms with Crippen molar-refractivity contribution in [1.82, 2.24) is 0 Å². The van der Waals surface area contributed by atoms with Crippen molar-refractivity contribution in [2.75, 3.05) is 0 Å². The molecule has 0 amide bonds. The van der Waals surface area contributed by atoms with E-state index >= 15 is 0 Å². The molecule has 0 N–H and O–H groups in total. The molecule has 0 aromatic heterocycles. The summed E-state index contributed by atoms with van der Waals surface area (Å²) in [6, 6.07) is 0.